The summed E-state index contributed by atoms with van der Waals surface area (Å²) in [5, 5.41) is 11.2. The minimum Gasteiger partial charge on any atom is -0.444 e. The highest BCUT2D eigenvalue weighted by Gasteiger charge is 2.32. The molecule has 1 rings (SSSR count). The molecule has 1 aromatic carbocycles. The molecule has 5 nitrogen and oxygen atoms in total. The second-order valence-corrected chi connectivity index (χ2v) is 4.97. The Bertz CT molecular complexity index is 571. The molecule has 0 aliphatic rings. The molecule has 21 heavy (non-hydrogen) atoms. The van der Waals surface area contributed by atoms with Crippen molar-refractivity contribution in [2.24, 2.45) is 0 Å². The third-order valence-corrected chi connectivity index (χ3v) is 2.00. The number of hydrogen-bond acceptors (Lipinski definition) is 4. The topological polar surface area (TPSA) is 71.3 Å². The van der Waals surface area contributed by atoms with Crippen LogP contribution in [0.15, 0.2) is 18.2 Å². The van der Waals surface area contributed by atoms with Crippen LogP contribution >= 0.6 is 0 Å². The molecule has 1 amide bonds. The number of nitrogens with zero attached hydrogens (tertiary/aromatic N) is 1. The molecule has 0 saturated carbocycles. The largest absolute Gasteiger partial charge is 0.573 e. The Labute approximate surface area is 119 Å². The molecule has 0 atom stereocenters. The van der Waals surface area contributed by atoms with Crippen molar-refractivity contribution in [3.05, 3.63) is 23.8 Å². The predicted molar refractivity (Wildman–Crippen MR) is 67.7 cm³/mol. The van der Waals surface area contributed by atoms with Crippen LogP contribution in [0.3, 0.4) is 0 Å². The van der Waals surface area contributed by atoms with Crippen molar-refractivity contribution in [1.29, 1.82) is 5.26 Å². The number of carbonyl (C=O) groups is 1. The van der Waals surface area contributed by atoms with E-state index in [4.69, 9.17) is 10.00 Å². The van der Waals surface area contributed by atoms with E-state index in [2.05, 4.69) is 10.1 Å². The maximum Gasteiger partial charge on any atom is 0.573 e. The number of nitrogens with one attached hydrogen (secondary N) is 1. The number of halogens is 3. The fourth-order valence-electron chi connectivity index (χ4n) is 1.37. The molecular formula is C13H13F3N2O3. The predicted octanol–water partition coefficient (Wildman–Crippen LogP) is 3.80. The normalized spacial score (nSPS) is 11.5. The summed E-state index contributed by atoms with van der Waals surface area (Å²) < 4.78 is 45.4. The van der Waals surface area contributed by atoms with E-state index in [0.717, 1.165) is 6.07 Å². The zero-order valence-corrected chi connectivity index (χ0v) is 11.5. The minimum absolute atomic E-state index is 0.131. The van der Waals surface area contributed by atoms with Crippen molar-refractivity contribution in [3.8, 4) is 11.8 Å². The quantitative estimate of drug-likeness (QED) is 0.902. The maximum atomic E-state index is 12.2. The molecule has 0 unspecified atom stereocenters. The van der Waals surface area contributed by atoms with Crippen LogP contribution < -0.4 is 10.1 Å². The summed E-state index contributed by atoms with van der Waals surface area (Å²) in [6.07, 6.45) is -5.82. The van der Waals surface area contributed by atoms with E-state index in [1.54, 1.807) is 26.8 Å². The zero-order chi connectivity index (χ0) is 16.3. The lowest BCUT2D eigenvalue weighted by Crippen LogP contribution is -2.27. The van der Waals surface area contributed by atoms with Gasteiger partial charge in [-0.3, -0.25) is 5.32 Å². The third-order valence-electron chi connectivity index (χ3n) is 2.00. The number of rotatable bonds is 2. The molecule has 0 fully saturated rings. The molecule has 0 aromatic heterocycles. The first-order valence-electron chi connectivity index (χ1n) is 5.81. The number of alkyl halides is 3. The highest BCUT2D eigenvalue weighted by Crippen LogP contribution is 2.30. The van der Waals surface area contributed by atoms with Gasteiger partial charge in [0.25, 0.3) is 0 Å². The van der Waals surface area contributed by atoms with E-state index in [1.165, 1.54) is 12.1 Å². The fourth-order valence-corrected chi connectivity index (χ4v) is 1.37. The van der Waals surface area contributed by atoms with Crippen LogP contribution in [0.5, 0.6) is 5.75 Å². The third kappa shape index (κ3) is 5.60. The van der Waals surface area contributed by atoms with Gasteiger partial charge >= 0.3 is 12.5 Å². The van der Waals surface area contributed by atoms with E-state index in [0.29, 0.717) is 0 Å². The standard InChI is InChI=1S/C13H13F3N2O3/c1-12(2,3)21-11(19)18-9-5-4-6-10(8(9)7-17)20-13(14,15)16/h4-6H,1-3H3,(H,18,19). The van der Waals surface area contributed by atoms with Crippen LogP contribution in [0.1, 0.15) is 26.3 Å². The van der Waals surface area contributed by atoms with Gasteiger partial charge in [-0.1, -0.05) is 6.07 Å². The molecule has 0 aliphatic heterocycles. The summed E-state index contributed by atoms with van der Waals surface area (Å²) >= 11 is 0. The number of anilines is 1. The van der Waals surface area contributed by atoms with Crippen molar-refractivity contribution in [3.63, 3.8) is 0 Å². The molecule has 1 aromatic rings. The second-order valence-electron chi connectivity index (χ2n) is 4.97. The van der Waals surface area contributed by atoms with Crippen molar-refractivity contribution < 1.29 is 27.4 Å². The Balaban J connectivity index is 3.01. The van der Waals surface area contributed by atoms with Crippen molar-refractivity contribution in [1.82, 2.24) is 0 Å². The summed E-state index contributed by atoms with van der Waals surface area (Å²) in [4.78, 5) is 11.6. The van der Waals surface area contributed by atoms with Gasteiger partial charge in [0.05, 0.1) is 5.69 Å². The summed E-state index contributed by atoms with van der Waals surface area (Å²) in [5.41, 5.74) is -1.36. The van der Waals surface area contributed by atoms with E-state index in [-0.39, 0.29) is 5.69 Å². The van der Waals surface area contributed by atoms with E-state index < -0.39 is 29.4 Å². The van der Waals surface area contributed by atoms with Crippen LogP contribution in [-0.2, 0) is 4.74 Å². The molecule has 1 N–H and O–H groups in total. The summed E-state index contributed by atoms with van der Waals surface area (Å²) in [5.74, 6) is -0.696. The Hall–Kier alpha value is -2.43. The first kappa shape index (κ1) is 16.6. The van der Waals surface area contributed by atoms with Gasteiger partial charge in [0.1, 0.15) is 23.0 Å². The van der Waals surface area contributed by atoms with Crippen molar-refractivity contribution >= 4 is 11.8 Å². The van der Waals surface area contributed by atoms with Crippen LogP contribution in [0.2, 0.25) is 0 Å². The number of ether oxygens (including phenoxy) is 2. The zero-order valence-electron chi connectivity index (χ0n) is 11.5. The Morgan fingerprint density at radius 2 is 1.90 bits per heavy atom. The van der Waals surface area contributed by atoms with Gasteiger partial charge in [0, 0.05) is 0 Å². The van der Waals surface area contributed by atoms with Crippen LogP contribution in [0.4, 0.5) is 23.7 Å². The molecule has 0 saturated heterocycles. The highest BCUT2D eigenvalue weighted by molar-refractivity contribution is 5.87. The van der Waals surface area contributed by atoms with Gasteiger partial charge in [0.15, 0.2) is 0 Å². The van der Waals surface area contributed by atoms with Crippen LogP contribution in [0.25, 0.3) is 0 Å². The molecule has 0 bridgehead atoms. The lowest BCUT2D eigenvalue weighted by Gasteiger charge is -2.20. The highest BCUT2D eigenvalue weighted by atomic mass is 19.4. The lowest BCUT2D eigenvalue weighted by atomic mass is 10.1. The summed E-state index contributed by atoms with van der Waals surface area (Å²) in [6.45, 7) is 4.88. The van der Waals surface area contributed by atoms with Crippen molar-refractivity contribution in [2.75, 3.05) is 5.32 Å². The monoisotopic (exact) mass is 302 g/mol. The number of benzene rings is 1. The van der Waals surface area contributed by atoms with Gasteiger partial charge in [-0.25, -0.2) is 4.79 Å². The Kier molecular flexibility index (Phi) is 4.68. The van der Waals surface area contributed by atoms with Gasteiger partial charge in [0.2, 0.25) is 0 Å². The Morgan fingerprint density at radius 1 is 1.29 bits per heavy atom. The molecule has 114 valence electrons. The first-order chi connectivity index (χ1) is 9.52. The van der Waals surface area contributed by atoms with E-state index >= 15 is 0 Å². The maximum absolute atomic E-state index is 12.2. The van der Waals surface area contributed by atoms with Gasteiger partial charge in [-0.05, 0) is 32.9 Å². The lowest BCUT2D eigenvalue weighted by molar-refractivity contribution is -0.274. The second kappa shape index (κ2) is 5.91. The number of carbonyl (C=O) groups excluding carboxylic acids is 1. The van der Waals surface area contributed by atoms with Gasteiger partial charge < -0.3 is 9.47 Å². The molecular weight excluding hydrogens is 289 g/mol. The first-order valence-corrected chi connectivity index (χ1v) is 5.81. The smallest absolute Gasteiger partial charge is 0.444 e. The van der Waals surface area contributed by atoms with Crippen LogP contribution in [-0.4, -0.2) is 18.1 Å². The molecule has 0 aliphatic carbocycles. The molecule has 0 radical (unpaired) electrons. The number of nitriles is 1. The molecule has 8 heteroatoms. The summed E-state index contributed by atoms with van der Waals surface area (Å²) in [6, 6.07) is 5.02. The number of hydrogen-bond donors (Lipinski definition) is 1. The fraction of sp³-hybridized carbons (Fsp3) is 0.385. The molecule has 0 heterocycles. The SMILES string of the molecule is CC(C)(C)OC(=O)Nc1cccc(OC(F)(F)F)c1C#N. The van der Waals surface area contributed by atoms with Gasteiger partial charge in [-0.2, -0.15) is 5.26 Å². The molecule has 0 spiro atoms. The van der Waals surface area contributed by atoms with Gasteiger partial charge in [-0.15, -0.1) is 13.2 Å². The van der Waals surface area contributed by atoms with Crippen LogP contribution in [0, 0.1) is 11.3 Å². The number of amides is 1. The van der Waals surface area contributed by atoms with Crippen molar-refractivity contribution in [2.45, 2.75) is 32.7 Å². The van der Waals surface area contributed by atoms with E-state index in [9.17, 15) is 18.0 Å². The average Bonchev–Trinajstić information content (AvgIpc) is 2.24. The van der Waals surface area contributed by atoms with E-state index in [1.807, 2.05) is 0 Å². The minimum atomic E-state index is -4.93. The Morgan fingerprint density at radius 3 is 2.38 bits per heavy atom. The average molecular weight is 302 g/mol. The summed E-state index contributed by atoms with van der Waals surface area (Å²) in [7, 11) is 0.